The van der Waals surface area contributed by atoms with Gasteiger partial charge in [-0.15, -0.1) is 0 Å². The number of hydrogen-bond acceptors (Lipinski definition) is 5. The fourth-order valence-electron chi connectivity index (χ4n) is 1.72. The standard InChI is InChI=1S/C14H20ClNO4/c1-4-11(16)10-6-9(15)7-12(18-3)14(10)20-8-13(17)19-5-2/h6-7,11H,4-5,8,16H2,1-3H3. The summed E-state index contributed by atoms with van der Waals surface area (Å²) >= 11 is 6.03. The van der Waals surface area contributed by atoms with Gasteiger partial charge in [0.05, 0.1) is 13.7 Å². The van der Waals surface area contributed by atoms with E-state index in [2.05, 4.69) is 0 Å². The fourth-order valence-corrected chi connectivity index (χ4v) is 1.94. The molecule has 0 bridgehead atoms. The maximum atomic E-state index is 11.4. The highest BCUT2D eigenvalue weighted by Gasteiger charge is 2.18. The Kier molecular flexibility index (Phi) is 6.61. The quantitative estimate of drug-likeness (QED) is 0.784. The van der Waals surface area contributed by atoms with Crippen LogP contribution in [0.1, 0.15) is 31.9 Å². The van der Waals surface area contributed by atoms with Gasteiger partial charge in [-0.2, -0.15) is 0 Å². The highest BCUT2D eigenvalue weighted by Crippen LogP contribution is 2.38. The number of methoxy groups -OCH3 is 1. The Labute approximate surface area is 123 Å². The molecule has 0 saturated heterocycles. The van der Waals surface area contributed by atoms with Crippen LogP contribution in [-0.4, -0.2) is 26.3 Å². The van der Waals surface area contributed by atoms with Crippen LogP contribution in [0.4, 0.5) is 0 Å². The minimum Gasteiger partial charge on any atom is -0.493 e. The van der Waals surface area contributed by atoms with Gasteiger partial charge in [0.25, 0.3) is 0 Å². The SMILES string of the molecule is CCOC(=O)COc1c(OC)cc(Cl)cc1C(N)CC. The van der Waals surface area contributed by atoms with E-state index in [0.717, 1.165) is 0 Å². The van der Waals surface area contributed by atoms with E-state index in [1.165, 1.54) is 7.11 Å². The monoisotopic (exact) mass is 301 g/mol. The molecule has 0 saturated carbocycles. The van der Waals surface area contributed by atoms with Gasteiger partial charge < -0.3 is 19.9 Å². The first kappa shape index (κ1) is 16.6. The van der Waals surface area contributed by atoms with Crippen LogP contribution in [0.25, 0.3) is 0 Å². The minimum absolute atomic E-state index is 0.199. The van der Waals surface area contributed by atoms with Crippen LogP contribution in [0.5, 0.6) is 11.5 Å². The Hall–Kier alpha value is -1.46. The van der Waals surface area contributed by atoms with Gasteiger partial charge in [0, 0.05) is 22.7 Å². The molecule has 5 nitrogen and oxygen atoms in total. The Morgan fingerprint density at radius 3 is 2.65 bits per heavy atom. The summed E-state index contributed by atoms with van der Waals surface area (Å²) in [5.74, 6) is 0.431. The second-order valence-electron chi connectivity index (χ2n) is 4.13. The largest absolute Gasteiger partial charge is 0.493 e. The molecule has 1 aromatic rings. The Morgan fingerprint density at radius 1 is 1.40 bits per heavy atom. The van der Waals surface area contributed by atoms with E-state index < -0.39 is 5.97 Å². The third-order valence-electron chi connectivity index (χ3n) is 2.75. The molecule has 0 aliphatic rings. The van der Waals surface area contributed by atoms with Crippen LogP contribution >= 0.6 is 11.6 Å². The summed E-state index contributed by atoms with van der Waals surface area (Å²) in [5.41, 5.74) is 6.75. The summed E-state index contributed by atoms with van der Waals surface area (Å²) < 4.78 is 15.6. The summed E-state index contributed by atoms with van der Waals surface area (Å²) in [6.45, 7) is 3.79. The first-order valence-corrected chi connectivity index (χ1v) is 6.82. The molecule has 0 fully saturated rings. The predicted octanol–water partition coefficient (Wildman–Crippen LogP) is 2.70. The zero-order chi connectivity index (χ0) is 15.1. The average molecular weight is 302 g/mol. The lowest BCUT2D eigenvalue weighted by Gasteiger charge is -2.18. The molecule has 0 aliphatic carbocycles. The van der Waals surface area contributed by atoms with Crippen molar-refractivity contribution in [2.24, 2.45) is 5.73 Å². The van der Waals surface area contributed by atoms with Crippen molar-refractivity contribution in [1.29, 1.82) is 0 Å². The van der Waals surface area contributed by atoms with E-state index in [-0.39, 0.29) is 12.6 Å². The van der Waals surface area contributed by atoms with Crippen LogP contribution in [0.3, 0.4) is 0 Å². The summed E-state index contributed by atoms with van der Waals surface area (Å²) in [6.07, 6.45) is 0.708. The first-order chi connectivity index (χ1) is 9.53. The van der Waals surface area contributed by atoms with Gasteiger partial charge in [-0.25, -0.2) is 4.79 Å². The van der Waals surface area contributed by atoms with E-state index in [1.807, 2.05) is 6.92 Å². The summed E-state index contributed by atoms with van der Waals surface area (Å²) in [5, 5.41) is 0.504. The number of ether oxygens (including phenoxy) is 3. The van der Waals surface area contributed by atoms with Crippen molar-refractivity contribution in [2.45, 2.75) is 26.3 Å². The zero-order valence-electron chi connectivity index (χ0n) is 11.9. The molecule has 1 unspecified atom stereocenters. The van der Waals surface area contributed by atoms with Gasteiger partial charge in [0.15, 0.2) is 18.1 Å². The van der Waals surface area contributed by atoms with E-state index in [4.69, 9.17) is 31.5 Å². The number of halogens is 1. The van der Waals surface area contributed by atoms with Gasteiger partial charge in [0.1, 0.15) is 0 Å². The Morgan fingerprint density at radius 2 is 2.10 bits per heavy atom. The molecule has 1 atom stereocenters. The lowest BCUT2D eigenvalue weighted by Crippen LogP contribution is -2.17. The molecule has 0 heterocycles. The third kappa shape index (κ3) is 4.28. The number of nitrogens with two attached hydrogens (primary N) is 1. The maximum Gasteiger partial charge on any atom is 0.344 e. The lowest BCUT2D eigenvalue weighted by atomic mass is 10.0. The van der Waals surface area contributed by atoms with Gasteiger partial charge in [-0.3, -0.25) is 0 Å². The molecule has 1 aromatic carbocycles. The lowest BCUT2D eigenvalue weighted by molar-refractivity contribution is -0.145. The second-order valence-corrected chi connectivity index (χ2v) is 4.57. The Bertz CT molecular complexity index is 465. The molecule has 1 rings (SSSR count). The van der Waals surface area contributed by atoms with E-state index in [9.17, 15) is 4.79 Å². The highest BCUT2D eigenvalue weighted by atomic mass is 35.5. The number of carbonyl (C=O) groups excluding carboxylic acids is 1. The predicted molar refractivity (Wildman–Crippen MR) is 77.4 cm³/mol. The molecule has 20 heavy (non-hydrogen) atoms. The van der Waals surface area contributed by atoms with Gasteiger partial charge in [-0.05, 0) is 19.4 Å². The van der Waals surface area contributed by atoms with Crippen molar-refractivity contribution in [2.75, 3.05) is 20.3 Å². The normalized spacial score (nSPS) is 11.8. The molecule has 0 amide bonds. The van der Waals surface area contributed by atoms with Crippen LogP contribution < -0.4 is 15.2 Å². The smallest absolute Gasteiger partial charge is 0.344 e. The number of esters is 1. The molecular formula is C14H20ClNO4. The molecule has 112 valence electrons. The summed E-state index contributed by atoms with van der Waals surface area (Å²) in [4.78, 5) is 11.4. The van der Waals surface area contributed by atoms with Gasteiger partial charge in [0.2, 0.25) is 0 Å². The van der Waals surface area contributed by atoms with Crippen molar-refractivity contribution >= 4 is 17.6 Å². The summed E-state index contributed by atoms with van der Waals surface area (Å²) in [6, 6.07) is 3.09. The van der Waals surface area contributed by atoms with Gasteiger partial charge >= 0.3 is 5.97 Å². The second kappa shape index (κ2) is 7.97. The fraction of sp³-hybridized carbons (Fsp3) is 0.500. The number of benzene rings is 1. The minimum atomic E-state index is -0.444. The number of hydrogen-bond donors (Lipinski definition) is 1. The van der Waals surface area contributed by atoms with Crippen LogP contribution in [-0.2, 0) is 9.53 Å². The van der Waals surface area contributed by atoms with Gasteiger partial charge in [-0.1, -0.05) is 18.5 Å². The van der Waals surface area contributed by atoms with Crippen molar-refractivity contribution < 1.29 is 19.0 Å². The molecule has 0 aromatic heterocycles. The zero-order valence-corrected chi connectivity index (χ0v) is 12.7. The molecular weight excluding hydrogens is 282 g/mol. The maximum absolute atomic E-state index is 11.4. The highest BCUT2D eigenvalue weighted by molar-refractivity contribution is 6.30. The molecule has 2 N–H and O–H groups in total. The first-order valence-electron chi connectivity index (χ1n) is 6.44. The number of carbonyl (C=O) groups is 1. The Balaban J connectivity index is 3.04. The topological polar surface area (TPSA) is 70.8 Å². The molecule has 6 heteroatoms. The van der Waals surface area contributed by atoms with E-state index in [0.29, 0.717) is 35.1 Å². The summed E-state index contributed by atoms with van der Waals surface area (Å²) in [7, 11) is 1.50. The van der Waals surface area contributed by atoms with Crippen molar-refractivity contribution in [3.8, 4) is 11.5 Å². The average Bonchev–Trinajstić information content (AvgIpc) is 2.44. The van der Waals surface area contributed by atoms with Crippen molar-refractivity contribution in [3.05, 3.63) is 22.7 Å². The van der Waals surface area contributed by atoms with Crippen LogP contribution in [0, 0.1) is 0 Å². The van der Waals surface area contributed by atoms with Crippen molar-refractivity contribution in [1.82, 2.24) is 0 Å². The molecule has 0 radical (unpaired) electrons. The van der Waals surface area contributed by atoms with E-state index >= 15 is 0 Å². The van der Waals surface area contributed by atoms with Crippen molar-refractivity contribution in [3.63, 3.8) is 0 Å². The van der Waals surface area contributed by atoms with E-state index in [1.54, 1.807) is 19.1 Å². The molecule has 0 spiro atoms. The van der Waals surface area contributed by atoms with Crippen LogP contribution in [0.2, 0.25) is 5.02 Å². The third-order valence-corrected chi connectivity index (χ3v) is 2.97. The van der Waals surface area contributed by atoms with Crippen LogP contribution in [0.15, 0.2) is 12.1 Å². The molecule has 0 aliphatic heterocycles. The number of rotatable bonds is 7.